The van der Waals surface area contributed by atoms with Gasteiger partial charge in [-0.2, -0.15) is 0 Å². The van der Waals surface area contributed by atoms with E-state index in [0.29, 0.717) is 4.88 Å². The van der Waals surface area contributed by atoms with Crippen LogP contribution in [0.15, 0.2) is 0 Å². The minimum Gasteiger partial charge on any atom is -0.345 e. The Bertz CT molecular complexity index is 399. The van der Waals surface area contributed by atoms with Gasteiger partial charge in [0.2, 0.25) is 0 Å². The van der Waals surface area contributed by atoms with Gasteiger partial charge in [0.25, 0.3) is 5.91 Å². The molecule has 1 N–H and O–H groups in total. The number of carbonyl (C=O) groups is 1. The molecule has 0 aromatic carbocycles. The summed E-state index contributed by atoms with van der Waals surface area (Å²) in [6.07, 6.45) is 0. The van der Waals surface area contributed by atoms with Crippen molar-refractivity contribution in [1.29, 1.82) is 0 Å². The van der Waals surface area contributed by atoms with Crippen molar-refractivity contribution >= 4 is 33.2 Å². The van der Waals surface area contributed by atoms with Crippen LogP contribution in [0.3, 0.4) is 0 Å². The molecule has 5 heteroatoms. The van der Waals surface area contributed by atoms with Crippen molar-refractivity contribution in [2.75, 3.05) is 0 Å². The van der Waals surface area contributed by atoms with E-state index in [1.807, 2.05) is 34.6 Å². The topological polar surface area (TPSA) is 42.0 Å². The molecule has 1 unspecified atom stereocenters. The summed E-state index contributed by atoms with van der Waals surface area (Å²) in [5.74, 6) is -0.0422. The van der Waals surface area contributed by atoms with Gasteiger partial charge < -0.3 is 5.32 Å². The maximum atomic E-state index is 12.0. The van der Waals surface area contributed by atoms with Crippen molar-refractivity contribution in [1.82, 2.24) is 10.3 Å². The number of nitrogens with zero attached hydrogens (tertiary/aromatic N) is 1. The second-order valence-electron chi connectivity index (χ2n) is 4.44. The minimum absolute atomic E-state index is 0.0422. The smallest absolute Gasteiger partial charge is 0.263 e. The summed E-state index contributed by atoms with van der Waals surface area (Å²) >= 11 is 4.93. The molecular weight excluding hydrogens is 288 g/mol. The number of alkyl halides is 1. The van der Waals surface area contributed by atoms with Crippen LogP contribution in [0, 0.1) is 13.8 Å². The zero-order valence-electron chi connectivity index (χ0n) is 10.2. The first-order valence-electron chi connectivity index (χ1n) is 5.14. The molecule has 0 aliphatic carbocycles. The molecule has 0 spiro atoms. The number of amides is 1. The van der Waals surface area contributed by atoms with Gasteiger partial charge in [0.1, 0.15) is 4.88 Å². The highest BCUT2D eigenvalue weighted by molar-refractivity contribution is 9.09. The SMILES string of the molecule is Cc1nc(C)c(C(=O)NC(C)(C)C(C)Br)s1. The van der Waals surface area contributed by atoms with Crippen molar-refractivity contribution < 1.29 is 4.79 Å². The molecule has 3 nitrogen and oxygen atoms in total. The Labute approximate surface area is 109 Å². The molecule has 1 heterocycles. The van der Waals surface area contributed by atoms with Gasteiger partial charge in [0, 0.05) is 10.4 Å². The highest BCUT2D eigenvalue weighted by Crippen LogP contribution is 2.21. The maximum Gasteiger partial charge on any atom is 0.263 e. The fourth-order valence-corrected chi connectivity index (χ4v) is 2.12. The van der Waals surface area contributed by atoms with Crippen LogP contribution in [0.4, 0.5) is 0 Å². The average Bonchev–Trinajstić information content (AvgIpc) is 2.44. The third-order valence-electron chi connectivity index (χ3n) is 2.54. The first-order chi connectivity index (χ1) is 7.24. The van der Waals surface area contributed by atoms with E-state index in [4.69, 9.17) is 0 Å². The number of carbonyl (C=O) groups excluding carboxylic acids is 1. The predicted octanol–water partition coefficient (Wildman–Crippen LogP) is 3.05. The minimum atomic E-state index is -0.276. The fourth-order valence-electron chi connectivity index (χ4n) is 1.19. The van der Waals surface area contributed by atoms with Crippen LogP contribution in [0.5, 0.6) is 0 Å². The zero-order chi connectivity index (χ0) is 12.5. The molecule has 1 aromatic rings. The second-order valence-corrected chi connectivity index (χ2v) is 7.02. The number of thiazole rings is 1. The van der Waals surface area contributed by atoms with Crippen LogP contribution >= 0.6 is 27.3 Å². The van der Waals surface area contributed by atoms with E-state index in [1.165, 1.54) is 11.3 Å². The number of aryl methyl sites for hydroxylation is 2. The van der Waals surface area contributed by atoms with Gasteiger partial charge in [-0.25, -0.2) is 4.98 Å². The lowest BCUT2D eigenvalue weighted by atomic mass is 10.0. The second kappa shape index (κ2) is 4.84. The van der Waals surface area contributed by atoms with E-state index in [-0.39, 0.29) is 16.3 Å². The Morgan fingerprint density at radius 2 is 2.06 bits per heavy atom. The monoisotopic (exact) mass is 304 g/mol. The molecule has 0 bridgehead atoms. The zero-order valence-corrected chi connectivity index (χ0v) is 12.6. The third-order valence-corrected chi connectivity index (χ3v) is 4.76. The molecule has 0 saturated carbocycles. The van der Waals surface area contributed by atoms with E-state index >= 15 is 0 Å². The number of hydrogen-bond donors (Lipinski definition) is 1. The molecule has 1 atom stereocenters. The van der Waals surface area contributed by atoms with Crippen molar-refractivity contribution in [2.24, 2.45) is 0 Å². The third kappa shape index (κ3) is 3.04. The summed E-state index contributed by atoms with van der Waals surface area (Å²) in [4.78, 5) is 17.2. The van der Waals surface area contributed by atoms with E-state index in [1.54, 1.807) is 0 Å². The average molecular weight is 305 g/mol. The van der Waals surface area contributed by atoms with Gasteiger partial charge in [-0.1, -0.05) is 22.9 Å². The van der Waals surface area contributed by atoms with Gasteiger partial charge in [-0.15, -0.1) is 11.3 Å². The van der Waals surface area contributed by atoms with E-state index in [2.05, 4.69) is 26.2 Å². The number of hydrogen-bond acceptors (Lipinski definition) is 3. The molecule has 0 saturated heterocycles. The van der Waals surface area contributed by atoms with Crippen LogP contribution in [0.1, 0.15) is 41.1 Å². The summed E-state index contributed by atoms with van der Waals surface area (Å²) in [5.41, 5.74) is 0.527. The summed E-state index contributed by atoms with van der Waals surface area (Å²) in [6.45, 7) is 9.78. The Balaban J connectivity index is 2.85. The summed E-state index contributed by atoms with van der Waals surface area (Å²) < 4.78 is 0. The highest BCUT2D eigenvalue weighted by Gasteiger charge is 2.27. The summed E-state index contributed by atoms with van der Waals surface area (Å²) in [7, 11) is 0. The van der Waals surface area contributed by atoms with Gasteiger partial charge >= 0.3 is 0 Å². The Morgan fingerprint density at radius 3 is 2.44 bits per heavy atom. The first kappa shape index (κ1) is 13.6. The predicted molar refractivity (Wildman–Crippen MR) is 71.5 cm³/mol. The Hall–Kier alpha value is -0.420. The van der Waals surface area contributed by atoms with Crippen LogP contribution in [-0.4, -0.2) is 21.3 Å². The summed E-state index contributed by atoms with van der Waals surface area (Å²) in [5, 5.41) is 3.93. The van der Waals surface area contributed by atoms with E-state index in [0.717, 1.165) is 10.7 Å². The molecular formula is C11H17BrN2OS. The number of halogens is 1. The van der Waals surface area contributed by atoms with Crippen LogP contribution in [0.2, 0.25) is 0 Å². The van der Waals surface area contributed by atoms with E-state index in [9.17, 15) is 4.79 Å². The molecule has 0 fully saturated rings. The molecule has 0 radical (unpaired) electrons. The Kier molecular flexibility index (Phi) is 4.12. The van der Waals surface area contributed by atoms with Crippen LogP contribution in [0.25, 0.3) is 0 Å². The molecule has 1 rings (SSSR count). The standard InChI is InChI=1S/C11H17BrN2OS/c1-6-9(16-8(3)13-6)10(15)14-11(4,5)7(2)12/h7H,1-5H3,(H,14,15). The van der Waals surface area contributed by atoms with Gasteiger partial charge in [0.05, 0.1) is 10.7 Å². The number of nitrogens with one attached hydrogen (secondary N) is 1. The molecule has 16 heavy (non-hydrogen) atoms. The lowest BCUT2D eigenvalue weighted by Gasteiger charge is -2.29. The lowest BCUT2D eigenvalue weighted by Crippen LogP contribution is -2.48. The highest BCUT2D eigenvalue weighted by atomic mass is 79.9. The molecule has 90 valence electrons. The fraction of sp³-hybridized carbons (Fsp3) is 0.636. The van der Waals surface area contributed by atoms with Crippen LogP contribution < -0.4 is 5.32 Å². The normalized spacial score (nSPS) is 13.6. The van der Waals surface area contributed by atoms with Crippen molar-refractivity contribution in [3.05, 3.63) is 15.6 Å². The molecule has 1 amide bonds. The number of aromatic nitrogens is 1. The van der Waals surface area contributed by atoms with Crippen molar-refractivity contribution in [3.8, 4) is 0 Å². The molecule has 0 aliphatic heterocycles. The Morgan fingerprint density at radius 1 is 1.50 bits per heavy atom. The molecule has 0 aliphatic rings. The number of rotatable bonds is 3. The first-order valence-corrected chi connectivity index (χ1v) is 6.88. The summed E-state index contributed by atoms with van der Waals surface area (Å²) in [6, 6.07) is 0. The molecule has 1 aromatic heterocycles. The van der Waals surface area contributed by atoms with Gasteiger partial charge in [-0.3, -0.25) is 4.79 Å². The lowest BCUT2D eigenvalue weighted by molar-refractivity contribution is 0.0917. The van der Waals surface area contributed by atoms with Crippen molar-refractivity contribution in [3.63, 3.8) is 0 Å². The maximum absolute atomic E-state index is 12.0. The van der Waals surface area contributed by atoms with E-state index < -0.39 is 0 Å². The van der Waals surface area contributed by atoms with Crippen molar-refractivity contribution in [2.45, 2.75) is 45.0 Å². The van der Waals surface area contributed by atoms with Gasteiger partial charge in [0.15, 0.2) is 0 Å². The quantitative estimate of drug-likeness (QED) is 0.872. The van der Waals surface area contributed by atoms with Gasteiger partial charge in [-0.05, 0) is 27.7 Å². The van der Waals surface area contributed by atoms with Crippen LogP contribution in [-0.2, 0) is 0 Å². The largest absolute Gasteiger partial charge is 0.345 e.